The summed E-state index contributed by atoms with van der Waals surface area (Å²) >= 11 is 0. The molecule has 132 valence electrons. The topological polar surface area (TPSA) is 38.3 Å². The van der Waals surface area contributed by atoms with E-state index in [1.54, 1.807) is 7.11 Å². The fraction of sp³-hybridized carbons (Fsp3) is 0.174. The van der Waals surface area contributed by atoms with Crippen molar-refractivity contribution in [3.63, 3.8) is 0 Å². The number of benzene rings is 3. The van der Waals surface area contributed by atoms with Crippen molar-refractivity contribution in [3.05, 3.63) is 96.1 Å². The van der Waals surface area contributed by atoms with Gasteiger partial charge in [-0.1, -0.05) is 67.6 Å². The maximum Gasteiger partial charge on any atom is 0.239 e. The number of methoxy groups -OCH3 is 1. The summed E-state index contributed by atoms with van der Waals surface area (Å²) in [6, 6.07) is 27.3. The number of hydrogen-bond acceptors (Lipinski definition) is 2. The van der Waals surface area contributed by atoms with Crippen molar-refractivity contribution in [3.8, 4) is 5.75 Å². The van der Waals surface area contributed by atoms with Crippen LogP contribution in [0.4, 0.5) is 5.69 Å². The fourth-order valence-electron chi connectivity index (χ4n) is 3.36. The predicted octanol–water partition coefficient (Wildman–Crippen LogP) is 5.03. The van der Waals surface area contributed by atoms with E-state index in [1.165, 1.54) is 0 Å². The summed E-state index contributed by atoms with van der Waals surface area (Å²) < 4.78 is 5.19. The van der Waals surface area contributed by atoms with Gasteiger partial charge in [0, 0.05) is 5.69 Å². The Kier molecular flexibility index (Phi) is 5.37. The van der Waals surface area contributed by atoms with E-state index in [-0.39, 0.29) is 5.91 Å². The molecule has 0 aliphatic heterocycles. The number of ether oxygens (including phenoxy) is 1. The van der Waals surface area contributed by atoms with Crippen LogP contribution in [0.3, 0.4) is 0 Å². The third-order valence-electron chi connectivity index (χ3n) is 4.80. The molecule has 3 aromatic carbocycles. The second-order valence-corrected chi connectivity index (χ2v) is 6.17. The van der Waals surface area contributed by atoms with Gasteiger partial charge < -0.3 is 10.1 Å². The normalized spacial score (nSPS) is 11.0. The van der Waals surface area contributed by atoms with Crippen LogP contribution in [0.2, 0.25) is 0 Å². The number of rotatable bonds is 6. The molecule has 0 aromatic heterocycles. The first-order valence-electron chi connectivity index (χ1n) is 8.77. The molecule has 0 aliphatic rings. The first-order valence-corrected chi connectivity index (χ1v) is 8.77. The smallest absolute Gasteiger partial charge is 0.239 e. The maximum absolute atomic E-state index is 13.5. The van der Waals surface area contributed by atoms with Crippen LogP contribution in [0.25, 0.3) is 0 Å². The Morgan fingerprint density at radius 3 is 1.77 bits per heavy atom. The van der Waals surface area contributed by atoms with Crippen LogP contribution in [0.5, 0.6) is 5.75 Å². The second kappa shape index (κ2) is 7.87. The highest BCUT2D eigenvalue weighted by Crippen LogP contribution is 2.37. The lowest BCUT2D eigenvalue weighted by Gasteiger charge is -2.32. The lowest BCUT2D eigenvalue weighted by molar-refractivity contribution is -0.120. The van der Waals surface area contributed by atoms with Gasteiger partial charge in [0.05, 0.1) is 12.5 Å². The largest absolute Gasteiger partial charge is 0.497 e. The number of amides is 1. The Morgan fingerprint density at radius 2 is 1.35 bits per heavy atom. The molecule has 0 radical (unpaired) electrons. The minimum absolute atomic E-state index is 0.0393. The minimum Gasteiger partial charge on any atom is -0.497 e. The first kappa shape index (κ1) is 17.7. The summed E-state index contributed by atoms with van der Waals surface area (Å²) in [5.74, 6) is 0.721. The van der Waals surface area contributed by atoms with Gasteiger partial charge in [0.25, 0.3) is 0 Å². The van der Waals surface area contributed by atoms with Gasteiger partial charge in [0.15, 0.2) is 0 Å². The summed E-state index contributed by atoms with van der Waals surface area (Å²) in [5, 5.41) is 3.09. The average molecular weight is 345 g/mol. The molecular weight excluding hydrogens is 322 g/mol. The zero-order chi connectivity index (χ0) is 18.4. The van der Waals surface area contributed by atoms with Crippen LogP contribution < -0.4 is 10.1 Å². The Bertz CT molecular complexity index is 803. The van der Waals surface area contributed by atoms with E-state index in [9.17, 15) is 4.79 Å². The highest BCUT2D eigenvalue weighted by atomic mass is 16.5. The van der Waals surface area contributed by atoms with E-state index >= 15 is 0 Å². The molecule has 0 spiro atoms. The number of nitrogens with one attached hydrogen (secondary N) is 1. The molecule has 1 N–H and O–H groups in total. The quantitative estimate of drug-likeness (QED) is 0.680. The van der Waals surface area contributed by atoms with Crippen LogP contribution in [-0.2, 0) is 10.2 Å². The van der Waals surface area contributed by atoms with Gasteiger partial charge in [0.1, 0.15) is 5.75 Å². The molecule has 0 aliphatic carbocycles. The molecule has 1 amide bonds. The fourth-order valence-corrected chi connectivity index (χ4v) is 3.36. The molecular formula is C23H23NO2. The molecule has 0 unspecified atom stereocenters. The van der Waals surface area contributed by atoms with Crippen molar-refractivity contribution in [2.45, 2.75) is 18.8 Å². The van der Waals surface area contributed by atoms with Crippen molar-refractivity contribution in [1.82, 2.24) is 0 Å². The van der Waals surface area contributed by atoms with E-state index in [0.717, 1.165) is 22.6 Å². The summed E-state index contributed by atoms with van der Waals surface area (Å²) in [6.45, 7) is 2.05. The van der Waals surface area contributed by atoms with Crippen molar-refractivity contribution in [1.29, 1.82) is 0 Å². The monoisotopic (exact) mass is 345 g/mol. The van der Waals surface area contributed by atoms with E-state index in [0.29, 0.717) is 6.42 Å². The summed E-state index contributed by atoms with van der Waals surface area (Å²) in [7, 11) is 1.63. The summed E-state index contributed by atoms with van der Waals surface area (Å²) in [5.41, 5.74) is 1.97. The molecule has 3 heteroatoms. The summed E-state index contributed by atoms with van der Waals surface area (Å²) in [4.78, 5) is 13.5. The van der Waals surface area contributed by atoms with Crippen molar-refractivity contribution >= 4 is 11.6 Å². The number of carbonyl (C=O) groups is 1. The lowest BCUT2D eigenvalue weighted by Crippen LogP contribution is -2.41. The molecule has 0 saturated carbocycles. The second-order valence-electron chi connectivity index (χ2n) is 6.17. The number of carbonyl (C=O) groups excluding carboxylic acids is 1. The minimum atomic E-state index is -0.748. The molecule has 0 saturated heterocycles. The first-order chi connectivity index (χ1) is 12.7. The Hall–Kier alpha value is -3.07. The van der Waals surface area contributed by atoms with Gasteiger partial charge in [-0.05, 0) is 41.8 Å². The van der Waals surface area contributed by atoms with E-state index < -0.39 is 5.41 Å². The van der Waals surface area contributed by atoms with Crippen LogP contribution in [0.15, 0.2) is 84.9 Å². The van der Waals surface area contributed by atoms with E-state index in [2.05, 4.69) is 5.32 Å². The highest BCUT2D eigenvalue weighted by molar-refractivity contribution is 6.01. The molecule has 3 rings (SSSR count). The lowest BCUT2D eigenvalue weighted by atomic mass is 9.71. The third-order valence-corrected chi connectivity index (χ3v) is 4.80. The van der Waals surface area contributed by atoms with E-state index in [4.69, 9.17) is 4.74 Å². The molecule has 26 heavy (non-hydrogen) atoms. The van der Waals surface area contributed by atoms with Gasteiger partial charge >= 0.3 is 0 Å². The molecule has 3 aromatic rings. The molecule has 0 heterocycles. The summed E-state index contributed by atoms with van der Waals surface area (Å²) in [6.07, 6.45) is 0.656. The van der Waals surface area contributed by atoms with Crippen LogP contribution in [0, 0.1) is 0 Å². The number of anilines is 1. The molecule has 0 bridgehead atoms. The Morgan fingerprint density at radius 1 is 0.846 bits per heavy atom. The Labute approximate surface area is 154 Å². The SMILES string of the molecule is CCC(C(=O)Nc1ccc(OC)cc1)(c1ccccc1)c1ccccc1. The van der Waals surface area contributed by atoms with Crippen LogP contribution in [0.1, 0.15) is 24.5 Å². The van der Waals surface area contributed by atoms with Gasteiger partial charge in [-0.3, -0.25) is 4.79 Å². The molecule has 0 atom stereocenters. The zero-order valence-corrected chi connectivity index (χ0v) is 15.1. The standard InChI is InChI=1S/C23H23NO2/c1-3-23(18-10-6-4-7-11-18,19-12-8-5-9-13-19)22(25)24-20-14-16-21(26-2)17-15-20/h4-17H,3H2,1-2H3,(H,24,25). The third kappa shape index (κ3) is 3.33. The van der Waals surface area contributed by atoms with Crippen molar-refractivity contribution < 1.29 is 9.53 Å². The maximum atomic E-state index is 13.5. The van der Waals surface area contributed by atoms with Crippen LogP contribution in [-0.4, -0.2) is 13.0 Å². The molecule has 0 fully saturated rings. The Balaban J connectivity index is 2.03. The van der Waals surface area contributed by atoms with Gasteiger partial charge in [0.2, 0.25) is 5.91 Å². The zero-order valence-electron chi connectivity index (χ0n) is 15.1. The molecule has 3 nitrogen and oxygen atoms in total. The van der Waals surface area contributed by atoms with E-state index in [1.807, 2.05) is 91.9 Å². The van der Waals surface area contributed by atoms with Crippen molar-refractivity contribution in [2.75, 3.05) is 12.4 Å². The predicted molar refractivity (Wildman–Crippen MR) is 106 cm³/mol. The van der Waals surface area contributed by atoms with Gasteiger partial charge in [-0.2, -0.15) is 0 Å². The average Bonchev–Trinajstić information content (AvgIpc) is 2.71. The van der Waals surface area contributed by atoms with Crippen LogP contribution >= 0.6 is 0 Å². The highest BCUT2D eigenvalue weighted by Gasteiger charge is 2.40. The number of hydrogen-bond donors (Lipinski definition) is 1. The van der Waals surface area contributed by atoms with Crippen molar-refractivity contribution in [2.24, 2.45) is 0 Å². The van der Waals surface area contributed by atoms with Gasteiger partial charge in [-0.15, -0.1) is 0 Å². The van der Waals surface area contributed by atoms with Gasteiger partial charge in [-0.25, -0.2) is 0 Å².